The lowest BCUT2D eigenvalue weighted by Gasteiger charge is -2.31. The van der Waals surface area contributed by atoms with Gasteiger partial charge in [-0.05, 0) is 86.3 Å². The number of hydrogen-bond acceptors (Lipinski definition) is 9. The van der Waals surface area contributed by atoms with Gasteiger partial charge in [-0.1, -0.05) is 0 Å². The number of halogens is 6. The zero-order chi connectivity index (χ0) is 27.0. The summed E-state index contributed by atoms with van der Waals surface area (Å²) < 4.78 is 113. The predicted octanol–water partition coefficient (Wildman–Crippen LogP) is 2.75. The summed E-state index contributed by atoms with van der Waals surface area (Å²) in [6.45, 7) is 0. The molecule has 1 N–H and O–H groups in total. The Kier molecular flexibility index (Phi) is 7.93. The van der Waals surface area contributed by atoms with E-state index in [0.29, 0.717) is 3.57 Å². The Hall–Kier alpha value is -0.0400. The molecule has 2 saturated carbocycles. The van der Waals surface area contributed by atoms with Gasteiger partial charge in [0.05, 0.1) is 11.5 Å². The Morgan fingerprint density at radius 1 is 1.19 bits per heavy atom. The first kappa shape index (κ1) is 29.0. The summed E-state index contributed by atoms with van der Waals surface area (Å²) in [6.07, 6.45) is -11.0. The van der Waals surface area contributed by atoms with Crippen molar-refractivity contribution in [3.8, 4) is 0 Å². The lowest BCUT2D eigenvalue weighted by atomic mass is 9.84. The van der Waals surface area contributed by atoms with Gasteiger partial charge in [-0.15, -0.1) is 0 Å². The maximum Gasteiger partial charge on any atom is 0.426 e. The molecule has 7 atom stereocenters. The van der Waals surface area contributed by atoms with Gasteiger partial charge in [-0.25, -0.2) is 4.79 Å². The first-order valence-corrected chi connectivity index (χ1v) is 16.2. The molecule has 2 bridgehead atoms. The van der Waals surface area contributed by atoms with Gasteiger partial charge in [0.15, 0.2) is 0 Å². The SMILES string of the molecule is O=C(OC1C2CC3C1OS(=O)(=O)C3C2C(=O)OC(CS(=O)(=O)O)C(F)(F)F)c1cc(I)cc(I)c1I. The Morgan fingerprint density at radius 3 is 2.42 bits per heavy atom. The van der Waals surface area contributed by atoms with Crippen LogP contribution >= 0.6 is 67.8 Å². The standard InChI is InChI=1S/C18H14F3I3O10S2/c19-18(20,21)10(4-35(27,28)29)32-17(26)11-6-3-8-14(34-36(30,31)15(8)11)13(6)33-16(25)7-1-5(22)2-9(23)12(7)24/h1-2,6,8,10-11,13-15H,3-4H2,(H,27,28,29). The molecule has 1 saturated heterocycles. The second-order valence-electron chi connectivity index (χ2n) is 8.44. The Bertz CT molecular complexity index is 1330. The van der Waals surface area contributed by atoms with E-state index in [0.717, 1.165) is 7.14 Å². The van der Waals surface area contributed by atoms with Crippen LogP contribution in [0.5, 0.6) is 0 Å². The van der Waals surface area contributed by atoms with E-state index in [2.05, 4.69) is 4.74 Å². The van der Waals surface area contributed by atoms with Gasteiger partial charge >= 0.3 is 18.1 Å². The number of hydrogen-bond donors (Lipinski definition) is 1. The molecule has 10 nitrogen and oxygen atoms in total. The molecule has 1 aromatic carbocycles. The highest BCUT2D eigenvalue weighted by atomic mass is 127. The molecular formula is C18H14F3I3O10S2. The lowest BCUT2D eigenvalue weighted by molar-refractivity contribution is -0.218. The third-order valence-corrected chi connectivity index (χ3v) is 12.4. The van der Waals surface area contributed by atoms with E-state index >= 15 is 0 Å². The molecule has 0 aromatic heterocycles. The minimum absolute atomic E-state index is 0.00219. The molecule has 1 aromatic rings. The highest BCUT2D eigenvalue weighted by molar-refractivity contribution is 14.1. The molecule has 1 heterocycles. The van der Waals surface area contributed by atoms with E-state index in [-0.39, 0.29) is 12.0 Å². The third kappa shape index (κ3) is 5.49. The molecule has 36 heavy (non-hydrogen) atoms. The molecule has 3 aliphatic rings. The number of carbonyl (C=O) groups is 2. The molecule has 1 aliphatic heterocycles. The number of carbonyl (C=O) groups excluding carboxylic acids is 2. The summed E-state index contributed by atoms with van der Waals surface area (Å²) in [4.78, 5) is 25.8. The van der Waals surface area contributed by atoms with E-state index < -0.39 is 85.4 Å². The van der Waals surface area contributed by atoms with Crippen LogP contribution in [0.25, 0.3) is 0 Å². The summed E-state index contributed by atoms with van der Waals surface area (Å²) in [5, 5.41) is -1.53. The van der Waals surface area contributed by atoms with Crippen LogP contribution in [-0.4, -0.2) is 68.8 Å². The van der Waals surface area contributed by atoms with E-state index in [9.17, 15) is 39.6 Å². The largest absolute Gasteiger partial charge is 0.456 e. The van der Waals surface area contributed by atoms with Crippen LogP contribution in [-0.2, 0) is 38.7 Å². The maximum absolute atomic E-state index is 13.3. The van der Waals surface area contributed by atoms with Crippen molar-refractivity contribution >= 4 is 99.9 Å². The molecule has 18 heteroatoms. The average Bonchev–Trinajstić information content (AvgIpc) is 3.31. The van der Waals surface area contributed by atoms with E-state index in [1.165, 1.54) is 0 Å². The van der Waals surface area contributed by atoms with Crippen molar-refractivity contribution in [2.75, 3.05) is 5.75 Å². The Balaban J connectivity index is 1.63. The van der Waals surface area contributed by atoms with Crippen LogP contribution in [0, 0.1) is 28.5 Å². The van der Waals surface area contributed by atoms with E-state index in [1.807, 2.05) is 73.8 Å². The first-order chi connectivity index (χ1) is 16.4. The van der Waals surface area contributed by atoms with Crippen molar-refractivity contribution in [3.63, 3.8) is 0 Å². The van der Waals surface area contributed by atoms with Crippen molar-refractivity contribution in [2.24, 2.45) is 17.8 Å². The first-order valence-electron chi connectivity index (χ1n) is 9.90. The number of benzene rings is 1. The van der Waals surface area contributed by atoms with Gasteiger partial charge in [-0.2, -0.15) is 30.0 Å². The van der Waals surface area contributed by atoms with Gasteiger partial charge in [0, 0.05) is 22.5 Å². The van der Waals surface area contributed by atoms with Gasteiger partial charge in [0.2, 0.25) is 6.10 Å². The summed E-state index contributed by atoms with van der Waals surface area (Å²) >= 11 is 5.94. The fourth-order valence-corrected chi connectivity index (χ4v) is 10.0. The van der Waals surface area contributed by atoms with Crippen LogP contribution in [0.15, 0.2) is 12.1 Å². The minimum Gasteiger partial charge on any atom is -0.456 e. The fourth-order valence-electron chi connectivity index (χ4n) is 4.95. The lowest BCUT2D eigenvalue weighted by Crippen LogP contribution is -2.48. The Labute approximate surface area is 243 Å². The summed E-state index contributed by atoms with van der Waals surface area (Å²) in [6, 6.07) is 3.36. The van der Waals surface area contributed by atoms with Crippen molar-refractivity contribution in [3.05, 3.63) is 28.4 Å². The monoisotopic (exact) mass is 892 g/mol. The fraction of sp³-hybridized carbons (Fsp3) is 0.556. The topological polar surface area (TPSA) is 150 Å². The zero-order valence-corrected chi connectivity index (χ0v) is 25.4. The van der Waals surface area contributed by atoms with Crippen LogP contribution < -0.4 is 0 Å². The van der Waals surface area contributed by atoms with Gasteiger partial charge in [-0.3, -0.25) is 13.5 Å². The molecule has 2 aliphatic carbocycles. The maximum atomic E-state index is 13.3. The van der Waals surface area contributed by atoms with Crippen molar-refractivity contribution < 1.29 is 57.8 Å². The van der Waals surface area contributed by atoms with Crippen molar-refractivity contribution in [1.29, 1.82) is 0 Å². The second kappa shape index (κ2) is 9.86. The van der Waals surface area contributed by atoms with Crippen molar-refractivity contribution in [2.45, 2.75) is 36.2 Å². The zero-order valence-electron chi connectivity index (χ0n) is 17.3. The Morgan fingerprint density at radius 2 is 1.83 bits per heavy atom. The molecule has 0 spiro atoms. The van der Waals surface area contributed by atoms with Crippen LogP contribution in [0.2, 0.25) is 0 Å². The molecular weight excluding hydrogens is 878 g/mol. The average molecular weight is 892 g/mol. The van der Waals surface area contributed by atoms with Crippen LogP contribution in [0.1, 0.15) is 16.8 Å². The molecule has 7 unspecified atom stereocenters. The summed E-state index contributed by atoms with van der Waals surface area (Å²) in [5.74, 6) is -8.00. The van der Waals surface area contributed by atoms with E-state index in [1.54, 1.807) is 6.07 Å². The van der Waals surface area contributed by atoms with Gasteiger partial charge in [0.25, 0.3) is 20.2 Å². The van der Waals surface area contributed by atoms with E-state index in [4.69, 9.17) is 13.5 Å². The quantitative estimate of drug-likeness (QED) is 0.149. The van der Waals surface area contributed by atoms with Crippen molar-refractivity contribution in [1.82, 2.24) is 0 Å². The number of esters is 2. The molecule has 0 radical (unpaired) electrons. The van der Waals surface area contributed by atoms with Gasteiger partial charge in [0.1, 0.15) is 23.2 Å². The minimum atomic E-state index is -5.36. The normalized spacial score (nSPS) is 31.3. The highest BCUT2D eigenvalue weighted by Crippen LogP contribution is 2.59. The second-order valence-corrected chi connectivity index (χ2v) is 15.1. The predicted molar refractivity (Wildman–Crippen MR) is 139 cm³/mol. The van der Waals surface area contributed by atoms with Crippen LogP contribution in [0.4, 0.5) is 13.2 Å². The number of fused-ring (bicyclic) bond motifs is 1. The molecule has 3 fully saturated rings. The van der Waals surface area contributed by atoms with Crippen LogP contribution in [0.3, 0.4) is 0 Å². The number of rotatable bonds is 6. The summed E-state index contributed by atoms with van der Waals surface area (Å²) in [5.41, 5.74) is 0.177. The highest BCUT2D eigenvalue weighted by Gasteiger charge is 2.72. The number of alkyl halides is 3. The summed E-state index contributed by atoms with van der Waals surface area (Å²) in [7, 11) is -9.63. The smallest absolute Gasteiger partial charge is 0.426 e. The third-order valence-electron chi connectivity index (χ3n) is 6.24. The number of ether oxygens (including phenoxy) is 2. The molecule has 0 amide bonds. The molecule has 200 valence electrons. The molecule has 4 rings (SSSR count). The van der Waals surface area contributed by atoms with Gasteiger partial charge < -0.3 is 9.47 Å².